The van der Waals surface area contributed by atoms with Crippen LogP contribution in [0.25, 0.3) is 0 Å². The molecule has 0 aliphatic heterocycles. The first-order valence-electron chi connectivity index (χ1n) is 5.11. The Bertz CT molecular complexity index is 416. The third-order valence-corrected chi connectivity index (χ3v) is 3.07. The summed E-state index contributed by atoms with van der Waals surface area (Å²) in [4.78, 5) is 10.9. The summed E-state index contributed by atoms with van der Waals surface area (Å²) in [5, 5.41) is 12.4. The number of aromatic carboxylic acids is 1. The highest BCUT2D eigenvalue weighted by Gasteiger charge is 2.25. The Labute approximate surface area is 98.4 Å². The number of anilines is 1. The van der Waals surface area contributed by atoms with Crippen molar-refractivity contribution in [2.45, 2.75) is 24.9 Å². The molecular weight excluding hydrogens is 228 g/mol. The van der Waals surface area contributed by atoms with Crippen LogP contribution in [-0.4, -0.2) is 23.2 Å². The first-order chi connectivity index (χ1) is 7.56. The molecule has 1 fully saturated rings. The molecule has 0 atom stereocenters. The molecule has 0 unspecified atom stereocenters. The molecule has 1 aliphatic rings. The van der Waals surface area contributed by atoms with Gasteiger partial charge in [0.15, 0.2) is 0 Å². The maximum absolute atomic E-state index is 10.9. The molecule has 0 bridgehead atoms. The molecule has 4 nitrogen and oxygen atoms in total. The third kappa shape index (κ3) is 2.28. The van der Waals surface area contributed by atoms with Crippen LogP contribution in [0.15, 0.2) is 18.2 Å². The van der Waals surface area contributed by atoms with E-state index in [2.05, 4.69) is 5.32 Å². The zero-order chi connectivity index (χ0) is 11.7. The zero-order valence-corrected chi connectivity index (χ0v) is 9.37. The Morgan fingerprint density at radius 3 is 2.75 bits per heavy atom. The highest BCUT2D eigenvalue weighted by molar-refractivity contribution is 6.33. The van der Waals surface area contributed by atoms with E-state index in [-0.39, 0.29) is 16.6 Å². The molecule has 0 radical (unpaired) electrons. The van der Waals surface area contributed by atoms with E-state index in [0.29, 0.717) is 6.04 Å². The fraction of sp³-hybridized carbons (Fsp3) is 0.364. The second-order valence-corrected chi connectivity index (χ2v) is 4.48. The third-order valence-electron chi connectivity index (χ3n) is 2.74. The van der Waals surface area contributed by atoms with E-state index in [4.69, 9.17) is 22.4 Å². The molecule has 5 heteroatoms. The van der Waals surface area contributed by atoms with Gasteiger partial charge in [-0.15, -0.1) is 0 Å². The number of carboxylic acids is 1. The van der Waals surface area contributed by atoms with Gasteiger partial charge in [-0.3, -0.25) is 0 Å². The van der Waals surface area contributed by atoms with Crippen LogP contribution in [0.2, 0.25) is 5.02 Å². The van der Waals surface area contributed by atoms with Crippen molar-refractivity contribution in [1.82, 2.24) is 0 Å². The number of carbonyl (C=O) groups is 1. The van der Waals surface area contributed by atoms with Gasteiger partial charge in [-0.1, -0.05) is 11.6 Å². The second-order valence-electron chi connectivity index (χ2n) is 4.07. The van der Waals surface area contributed by atoms with Crippen LogP contribution in [0.3, 0.4) is 0 Å². The number of hydrogen-bond donors (Lipinski definition) is 3. The first kappa shape index (κ1) is 11.2. The summed E-state index contributed by atoms with van der Waals surface area (Å²) in [5.41, 5.74) is 6.57. The van der Waals surface area contributed by atoms with E-state index in [1.807, 2.05) is 0 Å². The minimum absolute atomic E-state index is 0.121. The van der Waals surface area contributed by atoms with Crippen LogP contribution in [0.5, 0.6) is 0 Å². The van der Waals surface area contributed by atoms with E-state index in [0.717, 1.165) is 18.5 Å². The fourth-order valence-corrected chi connectivity index (χ4v) is 1.99. The Morgan fingerprint density at radius 1 is 1.50 bits per heavy atom. The summed E-state index contributed by atoms with van der Waals surface area (Å²) in [5.74, 6) is -1.01. The van der Waals surface area contributed by atoms with E-state index >= 15 is 0 Å². The fourth-order valence-electron chi connectivity index (χ4n) is 1.79. The molecule has 0 spiro atoms. The van der Waals surface area contributed by atoms with Crippen molar-refractivity contribution in [3.8, 4) is 0 Å². The molecule has 16 heavy (non-hydrogen) atoms. The van der Waals surface area contributed by atoms with Crippen LogP contribution in [0.4, 0.5) is 5.69 Å². The Hall–Kier alpha value is -1.26. The molecule has 4 N–H and O–H groups in total. The van der Waals surface area contributed by atoms with Gasteiger partial charge in [0, 0.05) is 17.8 Å². The van der Waals surface area contributed by atoms with Crippen molar-refractivity contribution in [3.63, 3.8) is 0 Å². The molecule has 0 aromatic heterocycles. The van der Waals surface area contributed by atoms with Gasteiger partial charge in [0.25, 0.3) is 0 Å². The summed E-state index contributed by atoms with van der Waals surface area (Å²) in [6.45, 7) is 0. The number of hydrogen-bond acceptors (Lipinski definition) is 3. The minimum atomic E-state index is -1.01. The lowest BCUT2D eigenvalue weighted by atomic mass is 9.87. The molecule has 2 rings (SSSR count). The number of halogens is 1. The molecule has 86 valence electrons. The van der Waals surface area contributed by atoms with E-state index in [9.17, 15) is 4.79 Å². The van der Waals surface area contributed by atoms with Gasteiger partial charge in [-0.2, -0.15) is 0 Å². The Morgan fingerprint density at radius 2 is 2.19 bits per heavy atom. The van der Waals surface area contributed by atoms with Crippen molar-refractivity contribution in [2.75, 3.05) is 5.32 Å². The predicted octanol–water partition coefficient (Wildman–Crippen LogP) is 1.94. The maximum Gasteiger partial charge on any atom is 0.337 e. The maximum atomic E-state index is 10.9. The van der Waals surface area contributed by atoms with Crippen LogP contribution >= 0.6 is 11.6 Å². The molecule has 0 amide bonds. The van der Waals surface area contributed by atoms with Gasteiger partial charge in [-0.25, -0.2) is 4.79 Å². The molecular formula is C11H13ClN2O2. The summed E-state index contributed by atoms with van der Waals surface area (Å²) in [7, 11) is 0. The summed E-state index contributed by atoms with van der Waals surface area (Å²) in [6, 6.07) is 5.53. The quantitative estimate of drug-likeness (QED) is 0.755. The SMILES string of the molecule is NC1CC(Nc2ccc(Cl)c(C(=O)O)c2)C1. The standard InChI is InChI=1S/C11H13ClN2O2/c12-10-2-1-7(5-9(10)11(15)16)14-8-3-6(13)4-8/h1-2,5-6,8,14H,3-4,13H2,(H,15,16). The van der Waals surface area contributed by atoms with Crippen LogP contribution in [-0.2, 0) is 0 Å². The molecule has 1 saturated carbocycles. The highest BCUT2D eigenvalue weighted by Crippen LogP contribution is 2.25. The Balaban J connectivity index is 2.10. The van der Waals surface area contributed by atoms with Gasteiger partial charge in [0.05, 0.1) is 10.6 Å². The molecule has 1 aromatic carbocycles. The number of nitrogens with two attached hydrogens (primary N) is 1. The predicted molar refractivity (Wildman–Crippen MR) is 63.0 cm³/mol. The van der Waals surface area contributed by atoms with Gasteiger partial charge in [0.1, 0.15) is 0 Å². The lowest BCUT2D eigenvalue weighted by Gasteiger charge is -2.33. The lowest BCUT2D eigenvalue weighted by molar-refractivity contribution is 0.0697. The first-order valence-corrected chi connectivity index (χ1v) is 5.49. The van der Waals surface area contributed by atoms with Crippen molar-refractivity contribution in [2.24, 2.45) is 5.73 Å². The van der Waals surface area contributed by atoms with Gasteiger partial charge < -0.3 is 16.2 Å². The van der Waals surface area contributed by atoms with E-state index < -0.39 is 5.97 Å². The minimum Gasteiger partial charge on any atom is -0.478 e. The Kier molecular flexibility index (Phi) is 3.03. The van der Waals surface area contributed by atoms with Gasteiger partial charge in [0.2, 0.25) is 0 Å². The summed E-state index contributed by atoms with van der Waals surface area (Å²) in [6.07, 6.45) is 1.84. The van der Waals surface area contributed by atoms with Crippen molar-refractivity contribution in [3.05, 3.63) is 28.8 Å². The molecule has 1 aliphatic carbocycles. The largest absolute Gasteiger partial charge is 0.478 e. The van der Waals surface area contributed by atoms with Crippen LogP contribution < -0.4 is 11.1 Å². The molecule has 1 aromatic rings. The monoisotopic (exact) mass is 240 g/mol. The van der Waals surface area contributed by atoms with Crippen molar-refractivity contribution in [1.29, 1.82) is 0 Å². The topological polar surface area (TPSA) is 75.3 Å². The van der Waals surface area contributed by atoms with E-state index in [1.165, 1.54) is 0 Å². The average molecular weight is 241 g/mol. The van der Waals surface area contributed by atoms with Crippen molar-refractivity contribution >= 4 is 23.3 Å². The normalized spacial score (nSPS) is 23.6. The van der Waals surface area contributed by atoms with Crippen LogP contribution in [0.1, 0.15) is 23.2 Å². The number of benzene rings is 1. The smallest absolute Gasteiger partial charge is 0.337 e. The van der Waals surface area contributed by atoms with Crippen LogP contribution in [0, 0.1) is 0 Å². The number of carboxylic acid groups (broad SMARTS) is 1. The highest BCUT2D eigenvalue weighted by atomic mass is 35.5. The summed E-state index contributed by atoms with van der Waals surface area (Å²) < 4.78 is 0. The van der Waals surface area contributed by atoms with E-state index in [1.54, 1.807) is 18.2 Å². The number of rotatable bonds is 3. The van der Waals surface area contributed by atoms with Crippen molar-refractivity contribution < 1.29 is 9.90 Å². The van der Waals surface area contributed by atoms with Gasteiger partial charge in [-0.05, 0) is 31.0 Å². The lowest BCUT2D eigenvalue weighted by Crippen LogP contribution is -2.44. The van der Waals surface area contributed by atoms with Gasteiger partial charge >= 0.3 is 5.97 Å². The number of nitrogens with one attached hydrogen (secondary N) is 1. The second kappa shape index (κ2) is 4.31. The molecule has 0 heterocycles. The molecule has 0 saturated heterocycles. The average Bonchev–Trinajstić information content (AvgIpc) is 2.18. The zero-order valence-electron chi connectivity index (χ0n) is 8.61. The summed E-state index contributed by atoms with van der Waals surface area (Å²) >= 11 is 5.77.